The molecule has 0 unspecified atom stereocenters. The van der Waals surface area contributed by atoms with Crippen LogP contribution in [0.3, 0.4) is 0 Å². The van der Waals surface area contributed by atoms with Gasteiger partial charge in [0.25, 0.3) is 0 Å². The van der Waals surface area contributed by atoms with Crippen molar-refractivity contribution in [1.82, 2.24) is 9.55 Å². The molecule has 180 valence electrons. The van der Waals surface area contributed by atoms with Gasteiger partial charge >= 0.3 is 5.97 Å². The summed E-state index contributed by atoms with van der Waals surface area (Å²) in [6, 6.07) is 9.53. The van der Waals surface area contributed by atoms with Gasteiger partial charge in [-0.2, -0.15) is 0 Å². The van der Waals surface area contributed by atoms with Crippen LogP contribution in [0.15, 0.2) is 52.8 Å². The molecule has 0 saturated heterocycles. The van der Waals surface area contributed by atoms with Crippen LogP contribution in [0, 0.1) is 12.7 Å². The van der Waals surface area contributed by atoms with Crippen LogP contribution in [0.5, 0.6) is 5.75 Å². The number of methoxy groups -OCH3 is 1. The Balaban J connectivity index is 1.69. The number of aryl methyl sites for hydroxylation is 1. The van der Waals surface area contributed by atoms with Gasteiger partial charge in [-0.1, -0.05) is 12.1 Å². The molecule has 0 atom stereocenters. The van der Waals surface area contributed by atoms with Gasteiger partial charge in [0.05, 0.1) is 35.3 Å². The molecule has 0 fully saturated rings. The van der Waals surface area contributed by atoms with Crippen molar-refractivity contribution in [3.63, 3.8) is 0 Å². The summed E-state index contributed by atoms with van der Waals surface area (Å²) in [6.45, 7) is 3.31. The third-order valence-electron chi connectivity index (χ3n) is 5.22. The fraction of sp³-hybridized carbons (Fsp3) is 0.200. The summed E-state index contributed by atoms with van der Waals surface area (Å²) in [4.78, 5) is 42.7. The van der Waals surface area contributed by atoms with E-state index in [9.17, 15) is 18.8 Å². The van der Waals surface area contributed by atoms with E-state index >= 15 is 0 Å². The lowest BCUT2D eigenvalue weighted by atomic mass is 10.1. The van der Waals surface area contributed by atoms with E-state index < -0.39 is 23.1 Å². The van der Waals surface area contributed by atoms with Gasteiger partial charge < -0.3 is 19.4 Å². The van der Waals surface area contributed by atoms with Gasteiger partial charge in [0.1, 0.15) is 12.1 Å². The molecule has 35 heavy (non-hydrogen) atoms. The monoisotopic (exact) mass is 495 g/mol. The highest BCUT2D eigenvalue weighted by Crippen LogP contribution is 2.25. The molecule has 2 aromatic carbocycles. The standard InChI is InChI=1S/C25H22FN3O5S/c1-4-34-25(32)18-11-29(21-10-19(26)22(33-3)9-17(21)24(18)31)12-23(30)28-16-7-5-6-15(8-16)20-13-35-14(2)27-20/h5-11,13H,4,12H2,1-3H3,(H,28,30). The quantitative estimate of drug-likeness (QED) is 0.382. The Labute approximate surface area is 203 Å². The van der Waals surface area contributed by atoms with E-state index in [1.54, 1.807) is 25.1 Å². The SMILES string of the molecule is CCOC(=O)c1cn(CC(=O)Nc2cccc(-c3csc(C)n3)c2)c2cc(F)c(OC)cc2c1=O. The van der Waals surface area contributed by atoms with Crippen LogP contribution in [0.1, 0.15) is 22.3 Å². The smallest absolute Gasteiger partial charge is 0.343 e. The first-order valence-corrected chi connectivity index (χ1v) is 11.6. The first-order valence-electron chi connectivity index (χ1n) is 10.7. The van der Waals surface area contributed by atoms with E-state index in [1.165, 1.54) is 35.3 Å². The molecule has 2 heterocycles. The van der Waals surface area contributed by atoms with Crippen LogP contribution in [-0.4, -0.2) is 35.1 Å². The summed E-state index contributed by atoms with van der Waals surface area (Å²) in [6.07, 6.45) is 1.21. The Morgan fingerprint density at radius 1 is 1.23 bits per heavy atom. The number of esters is 1. The van der Waals surface area contributed by atoms with Gasteiger partial charge in [-0.3, -0.25) is 9.59 Å². The number of amides is 1. The van der Waals surface area contributed by atoms with Crippen LogP contribution in [0.25, 0.3) is 22.2 Å². The summed E-state index contributed by atoms with van der Waals surface area (Å²) < 4.78 is 25.8. The predicted octanol–water partition coefficient (Wildman–Crippen LogP) is 4.40. The average Bonchev–Trinajstić information content (AvgIpc) is 3.27. The zero-order valence-electron chi connectivity index (χ0n) is 19.3. The van der Waals surface area contributed by atoms with Gasteiger partial charge in [0.15, 0.2) is 11.6 Å². The highest BCUT2D eigenvalue weighted by Gasteiger charge is 2.20. The first kappa shape index (κ1) is 24.1. The highest BCUT2D eigenvalue weighted by atomic mass is 32.1. The number of anilines is 1. The number of halogens is 1. The third kappa shape index (κ3) is 5.07. The van der Waals surface area contributed by atoms with E-state index in [-0.39, 0.29) is 35.4 Å². The molecule has 0 saturated carbocycles. The Bertz CT molecular complexity index is 1490. The molecule has 0 radical (unpaired) electrons. The number of aromatic nitrogens is 2. The minimum absolute atomic E-state index is 0.0301. The number of pyridine rings is 1. The Morgan fingerprint density at radius 3 is 2.71 bits per heavy atom. The van der Waals surface area contributed by atoms with Crippen LogP contribution >= 0.6 is 11.3 Å². The molecule has 0 bridgehead atoms. The number of rotatable bonds is 7. The summed E-state index contributed by atoms with van der Waals surface area (Å²) in [5.74, 6) is -2.12. The second-order valence-electron chi connectivity index (χ2n) is 7.60. The van der Waals surface area contributed by atoms with Crippen molar-refractivity contribution in [2.45, 2.75) is 20.4 Å². The fourth-order valence-electron chi connectivity index (χ4n) is 3.64. The van der Waals surface area contributed by atoms with E-state index in [0.29, 0.717) is 5.69 Å². The van der Waals surface area contributed by atoms with Crippen LogP contribution < -0.4 is 15.5 Å². The minimum atomic E-state index is -0.830. The van der Waals surface area contributed by atoms with Crippen molar-refractivity contribution in [2.24, 2.45) is 0 Å². The number of nitrogens with one attached hydrogen (secondary N) is 1. The van der Waals surface area contributed by atoms with E-state index in [0.717, 1.165) is 22.3 Å². The van der Waals surface area contributed by atoms with Crippen molar-refractivity contribution >= 4 is 39.8 Å². The number of thiazole rings is 1. The maximum atomic E-state index is 14.5. The molecule has 1 N–H and O–H groups in total. The summed E-state index contributed by atoms with van der Waals surface area (Å²) in [7, 11) is 1.27. The number of ether oxygens (including phenoxy) is 2. The molecular weight excluding hydrogens is 473 g/mol. The highest BCUT2D eigenvalue weighted by molar-refractivity contribution is 7.09. The summed E-state index contributed by atoms with van der Waals surface area (Å²) in [5.41, 5.74) is 1.43. The molecule has 8 nitrogen and oxygen atoms in total. The van der Waals surface area contributed by atoms with Crippen molar-refractivity contribution in [1.29, 1.82) is 0 Å². The summed E-state index contributed by atoms with van der Waals surface area (Å²) in [5, 5.41) is 5.70. The Kier molecular flexibility index (Phi) is 6.92. The normalized spacial score (nSPS) is 10.9. The van der Waals surface area contributed by atoms with Crippen molar-refractivity contribution in [3.8, 4) is 17.0 Å². The van der Waals surface area contributed by atoms with E-state index in [2.05, 4.69) is 10.3 Å². The minimum Gasteiger partial charge on any atom is -0.494 e. The van der Waals surface area contributed by atoms with E-state index in [4.69, 9.17) is 9.47 Å². The predicted molar refractivity (Wildman–Crippen MR) is 132 cm³/mol. The van der Waals surface area contributed by atoms with Gasteiger partial charge in [0, 0.05) is 28.9 Å². The van der Waals surface area contributed by atoms with Crippen molar-refractivity contribution in [3.05, 3.63) is 74.6 Å². The molecule has 4 aromatic rings. The second kappa shape index (κ2) is 10.1. The van der Waals surface area contributed by atoms with Crippen LogP contribution in [0.2, 0.25) is 0 Å². The van der Waals surface area contributed by atoms with Crippen LogP contribution in [0.4, 0.5) is 10.1 Å². The molecule has 4 rings (SSSR count). The molecule has 0 aliphatic carbocycles. The van der Waals surface area contributed by atoms with Gasteiger partial charge in [0.2, 0.25) is 11.3 Å². The lowest BCUT2D eigenvalue weighted by molar-refractivity contribution is -0.116. The van der Waals surface area contributed by atoms with E-state index in [1.807, 2.05) is 18.4 Å². The number of carbonyl (C=O) groups excluding carboxylic acids is 2. The molecular formula is C25H22FN3O5S. The lowest BCUT2D eigenvalue weighted by Crippen LogP contribution is -2.25. The van der Waals surface area contributed by atoms with Gasteiger partial charge in [-0.25, -0.2) is 14.2 Å². The number of fused-ring (bicyclic) bond motifs is 1. The number of benzene rings is 2. The average molecular weight is 496 g/mol. The topological polar surface area (TPSA) is 99.5 Å². The maximum absolute atomic E-state index is 14.5. The third-order valence-corrected chi connectivity index (χ3v) is 6.00. The molecule has 2 aromatic heterocycles. The van der Waals surface area contributed by atoms with Crippen molar-refractivity contribution in [2.75, 3.05) is 19.0 Å². The van der Waals surface area contributed by atoms with Crippen LogP contribution in [-0.2, 0) is 16.1 Å². The lowest BCUT2D eigenvalue weighted by Gasteiger charge is -2.15. The number of hydrogen-bond donors (Lipinski definition) is 1. The summed E-state index contributed by atoms with van der Waals surface area (Å²) >= 11 is 1.53. The van der Waals surface area contributed by atoms with Crippen molar-refractivity contribution < 1.29 is 23.5 Å². The fourth-order valence-corrected chi connectivity index (χ4v) is 4.26. The molecule has 1 amide bonds. The molecule has 0 spiro atoms. The number of hydrogen-bond acceptors (Lipinski definition) is 7. The Hall–Kier alpha value is -4.05. The first-order chi connectivity index (χ1) is 16.8. The Morgan fingerprint density at radius 2 is 2.03 bits per heavy atom. The molecule has 10 heteroatoms. The molecule has 0 aliphatic heterocycles. The zero-order valence-corrected chi connectivity index (χ0v) is 20.1. The zero-order chi connectivity index (χ0) is 25.1. The molecule has 0 aliphatic rings. The maximum Gasteiger partial charge on any atom is 0.343 e. The van der Waals surface area contributed by atoms with Gasteiger partial charge in [-0.15, -0.1) is 11.3 Å². The number of nitrogens with zero attached hydrogens (tertiary/aromatic N) is 2. The largest absolute Gasteiger partial charge is 0.494 e. The van der Waals surface area contributed by atoms with Gasteiger partial charge in [-0.05, 0) is 32.0 Å². The second-order valence-corrected chi connectivity index (χ2v) is 8.67. The number of carbonyl (C=O) groups is 2.